The third kappa shape index (κ3) is 2.38. The van der Waals surface area contributed by atoms with Gasteiger partial charge in [-0.1, -0.05) is 30.3 Å². The average Bonchev–Trinajstić information content (AvgIpc) is 2.82. The van der Waals surface area contributed by atoms with Crippen LogP contribution in [0.4, 0.5) is 4.39 Å². The Morgan fingerprint density at radius 1 is 1.44 bits per heavy atom. The second-order valence-corrected chi connectivity index (χ2v) is 4.76. The number of hydrogen-bond donors (Lipinski definition) is 0. The second kappa shape index (κ2) is 5.06. The minimum Gasteiger partial charge on any atom is -0.467 e. The van der Waals surface area contributed by atoms with Gasteiger partial charge >= 0.3 is 5.97 Å². The Morgan fingerprint density at radius 2 is 2.11 bits per heavy atom. The Hall–Kier alpha value is -1.42. The summed E-state index contributed by atoms with van der Waals surface area (Å²) in [5, 5.41) is 0. The molecule has 2 atom stereocenters. The molecule has 0 bridgehead atoms. The normalized spacial score (nSPS) is 25.9. The van der Waals surface area contributed by atoms with Gasteiger partial charge in [0.15, 0.2) is 0 Å². The van der Waals surface area contributed by atoms with Gasteiger partial charge in [0.1, 0.15) is 0 Å². The molecule has 0 spiro atoms. The maximum Gasteiger partial charge on any atom is 0.345 e. The molecular weight excluding hydrogens is 233 g/mol. The van der Waals surface area contributed by atoms with Crippen molar-refractivity contribution < 1.29 is 13.9 Å². The van der Waals surface area contributed by atoms with E-state index >= 15 is 0 Å². The third-order valence-electron chi connectivity index (χ3n) is 3.63. The van der Waals surface area contributed by atoms with Crippen molar-refractivity contribution in [1.29, 1.82) is 0 Å². The molecule has 1 aliphatic heterocycles. The van der Waals surface area contributed by atoms with Crippen molar-refractivity contribution in [3.05, 3.63) is 35.9 Å². The highest BCUT2D eigenvalue weighted by Crippen LogP contribution is 2.32. The molecule has 2 rings (SSSR count). The molecular formula is C14H18FNO2. The maximum absolute atomic E-state index is 14.3. The topological polar surface area (TPSA) is 29.5 Å². The van der Waals surface area contributed by atoms with Gasteiger partial charge in [-0.25, -0.2) is 9.18 Å². The Labute approximate surface area is 107 Å². The molecule has 4 heteroatoms. The molecule has 0 aromatic heterocycles. The van der Waals surface area contributed by atoms with Gasteiger partial charge in [0.05, 0.1) is 7.11 Å². The van der Waals surface area contributed by atoms with E-state index in [0.717, 1.165) is 5.56 Å². The van der Waals surface area contributed by atoms with Gasteiger partial charge in [-0.05, 0) is 12.5 Å². The van der Waals surface area contributed by atoms with Crippen molar-refractivity contribution in [3.8, 4) is 0 Å². The van der Waals surface area contributed by atoms with E-state index in [9.17, 15) is 9.18 Å². The summed E-state index contributed by atoms with van der Waals surface area (Å²) in [5.41, 5.74) is -0.718. The van der Waals surface area contributed by atoms with Crippen LogP contribution in [-0.4, -0.2) is 36.7 Å². The predicted octanol–water partition coefficient (Wildman–Crippen LogP) is 2.33. The van der Waals surface area contributed by atoms with Crippen LogP contribution >= 0.6 is 0 Å². The lowest BCUT2D eigenvalue weighted by atomic mass is 10.1. The fraction of sp³-hybridized carbons (Fsp3) is 0.500. The minimum absolute atomic E-state index is 0.105. The van der Waals surface area contributed by atoms with Crippen LogP contribution in [0.5, 0.6) is 0 Å². The van der Waals surface area contributed by atoms with Crippen molar-refractivity contribution in [2.75, 3.05) is 20.2 Å². The molecule has 0 radical (unpaired) electrons. The second-order valence-electron chi connectivity index (χ2n) is 4.76. The number of hydrogen-bond acceptors (Lipinski definition) is 3. The Balaban J connectivity index is 2.07. The number of rotatable bonds is 3. The van der Waals surface area contributed by atoms with Crippen LogP contribution in [0, 0.1) is 0 Å². The van der Waals surface area contributed by atoms with E-state index in [1.165, 1.54) is 7.11 Å². The molecule has 98 valence electrons. The molecule has 2 unspecified atom stereocenters. The number of halogens is 1. The fourth-order valence-electron chi connectivity index (χ4n) is 2.42. The maximum atomic E-state index is 14.3. The molecule has 1 aliphatic rings. The fourth-order valence-corrected chi connectivity index (χ4v) is 2.42. The molecule has 0 saturated carbocycles. The highest BCUT2D eigenvalue weighted by atomic mass is 19.1. The minimum atomic E-state index is -1.85. The number of carbonyl (C=O) groups is 1. The Morgan fingerprint density at radius 3 is 2.72 bits per heavy atom. The zero-order valence-corrected chi connectivity index (χ0v) is 10.7. The summed E-state index contributed by atoms with van der Waals surface area (Å²) in [5.74, 6) is -0.759. The van der Waals surface area contributed by atoms with Crippen LogP contribution < -0.4 is 0 Å². The molecule has 1 aromatic rings. The first-order chi connectivity index (χ1) is 8.57. The number of methoxy groups -OCH3 is 1. The Bertz CT molecular complexity index is 423. The molecule has 0 aliphatic carbocycles. The van der Waals surface area contributed by atoms with E-state index in [4.69, 9.17) is 0 Å². The lowest BCUT2D eigenvalue weighted by Gasteiger charge is -2.25. The van der Waals surface area contributed by atoms with Gasteiger partial charge in [0, 0.05) is 25.6 Å². The zero-order chi connectivity index (χ0) is 13.2. The van der Waals surface area contributed by atoms with Gasteiger partial charge < -0.3 is 4.74 Å². The van der Waals surface area contributed by atoms with Crippen LogP contribution in [0.25, 0.3) is 0 Å². The first-order valence-electron chi connectivity index (χ1n) is 6.13. The summed E-state index contributed by atoms with van der Waals surface area (Å²) in [7, 11) is 1.23. The first kappa shape index (κ1) is 13.0. The van der Waals surface area contributed by atoms with Crippen LogP contribution in [0.3, 0.4) is 0 Å². The van der Waals surface area contributed by atoms with Crippen LogP contribution in [0.2, 0.25) is 0 Å². The van der Waals surface area contributed by atoms with Crippen molar-refractivity contribution in [3.63, 3.8) is 0 Å². The predicted molar refractivity (Wildman–Crippen MR) is 66.9 cm³/mol. The number of ether oxygens (including phenoxy) is 1. The first-order valence-corrected chi connectivity index (χ1v) is 6.13. The molecule has 3 nitrogen and oxygen atoms in total. The molecule has 1 fully saturated rings. The summed E-state index contributed by atoms with van der Waals surface area (Å²) in [6, 6.07) is 10.0. The van der Waals surface area contributed by atoms with Gasteiger partial charge in [-0.2, -0.15) is 0 Å². The lowest BCUT2D eigenvalue weighted by Crippen LogP contribution is -2.38. The van der Waals surface area contributed by atoms with Crippen molar-refractivity contribution >= 4 is 5.97 Å². The number of benzene rings is 1. The van der Waals surface area contributed by atoms with E-state index < -0.39 is 11.6 Å². The summed E-state index contributed by atoms with van der Waals surface area (Å²) in [4.78, 5) is 13.4. The number of esters is 1. The third-order valence-corrected chi connectivity index (χ3v) is 3.63. The van der Waals surface area contributed by atoms with Crippen LogP contribution in [0.15, 0.2) is 30.3 Å². The molecule has 1 heterocycles. The molecule has 18 heavy (non-hydrogen) atoms. The van der Waals surface area contributed by atoms with Crippen LogP contribution in [0.1, 0.15) is 24.9 Å². The van der Waals surface area contributed by atoms with E-state index in [1.54, 1.807) is 0 Å². The standard InChI is InChI=1S/C14H18FNO2/c1-11(12-6-4-3-5-7-12)16-9-8-14(15,10-16)13(17)18-2/h3-7,11H,8-10H2,1-2H3. The van der Waals surface area contributed by atoms with Gasteiger partial charge in [0.25, 0.3) is 0 Å². The highest BCUT2D eigenvalue weighted by Gasteiger charge is 2.47. The molecule has 0 N–H and O–H groups in total. The smallest absolute Gasteiger partial charge is 0.345 e. The van der Waals surface area contributed by atoms with E-state index in [0.29, 0.717) is 6.54 Å². The van der Waals surface area contributed by atoms with Crippen LogP contribution in [-0.2, 0) is 9.53 Å². The van der Waals surface area contributed by atoms with E-state index in [-0.39, 0.29) is 19.0 Å². The van der Waals surface area contributed by atoms with E-state index in [1.807, 2.05) is 42.2 Å². The summed E-state index contributed by atoms with van der Waals surface area (Å²) in [6.07, 6.45) is 0.205. The largest absolute Gasteiger partial charge is 0.467 e. The number of nitrogens with zero attached hydrogens (tertiary/aromatic N) is 1. The van der Waals surface area contributed by atoms with Crippen molar-refractivity contribution in [2.24, 2.45) is 0 Å². The van der Waals surface area contributed by atoms with Gasteiger partial charge in [-0.3, -0.25) is 4.90 Å². The molecule has 1 saturated heterocycles. The van der Waals surface area contributed by atoms with Gasteiger partial charge in [-0.15, -0.1) is 0 Å². The average molecular weight is 251 g/mol. The summed E-state index contributed by atoms with van der Waals surface area (Å²) in [6.45, 7) is 2.70. The SMILES string of the molecule is COC(=O)C1(F)CCN(C(C)c2ccccc2)C1. The quantitative estimate of drug-likeness (QED) is 0.772. The van der Waals surface area contributed by atoms with Crippen molar-refractivity contribution in [2.45, 2.75) is 25.1 Å². The Kier molecular flexibility index (Phi) is 3.66. The van der Waals surface area contributed by atoms with E-state index in [2.05, 4.69) is 4.74 Å². The number of likely N-dealkylation sites (tertiary alicyclic amines) is 1. The van der Waals surface area contributed by atoms with Gasteiger partial charge in [0.2, 0.25) is 5.67 Å². The van der Waals surface area contributed by atoms with Crippen molar-refractivity contribution in [1.82, 2.24) is 4.90 Å². The monoisotopic (exact) mass is 251 g/mol. The molecule has 1 aromatic carbocycles. The lowest BCUT2D eigenvalue weighted by molar-refractivity contribution is -0.153. The number of carbonyl (C=O) groups excluding carboxylic acids is 1. The summed E-state index contributed by atoms with van der Waals surface area (Å²) < 4.78 is 18.8. The summed E-state index contributed by atoms with van der Waals surface area (Å²) >= 11 is 0. The molecule has 0 amide bonds. The zero-order valence-electron chi connectivity index (χ0n) is 10.7. The number of alkyl halides is 1. The highest BCUT2D eigenvalue weighted by molar-refractivity contribution is 5.80.